The van der Waals surface area contributed by atoms with Gasteiger partial charge in [0, 0.05) is 28.4 Å². The van der Waals surface area contributed by atoms with Crippen LogP contribution in [-0.2, 0) is 20.7 Å². The van der Waals surface area contributed by atoms with E-state index in [4.69, 9.17) is 4.74 Å². The van der Waals surface area contributed by atoms with Gasteiger partial charge in [0.15, 0.2) is 0 Å². The monoisotopic (exact) mass is 386 g/mol. The summed E-state index contributed by atoms with van der Waals surface area (Å²) in [5.41, 5.74) is 1.86. The van der Waals surface area contributed by atoms with E-state index in [1.807, 2.05) is 30.5 Å². The second-order valence-electron chi connectivity index (χ2n) is 5.93. The summed E-state index contributed by atoms with van der Waals surface area (Å²) in [6, 6.07) is 13.2. The number of carbonyl (C=O) groups is 2. The molecule has 1 heterocycles. The summed E-state index contributed by atoms with van der Waals surface area (Å²) in [4.78, 5) is 27.9. The quantitative estimate of drug-likeness (QED) is 0.483. The fraction of sp³-hybridized carbons (Fsp3) is 0.200. The Labute approximate surface area is 160 Å². The number of H-pyrrole nitrogens is 1. The van der Waals surface area contributed by atoms with Gasteiger partial charge in [-0.1, -0.05) is 30.3 Å². The number of carbonyl (C=O) groups excluding carboxylic acids is 2. The Bertz CT molecular complexity index is 957. The van der Waals surface area contributed by atoms with E-state index in [2.05, 4.69) is 10.3 Å². The third-order valence-corrected chi connectivity index (χ3v) is 5.16. The molecule has 1 amide bonds. The van der Waals surface area contributed by atoms with Crippen LogP contribution in [0.15, 0.2) is 59.6 Å². The van der Waals surface area contributed by atoms with E-state index in [1.165, 1.54) is 13.2 Å². The summed E-state index contributed by atoms with van der Waals surface area (Å²) in [6.45, 7) is 0. The number of para-hydroxylation sites is 1. The number of benzene rings is 2. The van der Waals surface area contributed by atoms with Crippen molar-refractivity contribution in [3.8, 4) is 0 Å². The Morgan fingerprint density at radius 3 is 2.70 bits per heavy atom. The van der Waals surface area contributed by atoms with E-state index in [1.54, 1.807) is 18.2 Å². The van der Waals surface area contributed by atoms with Crippen molar-refractivity contribution in [2.24, 2.45) is 0 Å². The maximum atomic E-state index is 13.7. The Morgan fingerprint density at radius 2 is 1.93 bits per heavy atom. The zero-order chi connectivity index (χ0) is 19.2. The summed E-state index contributed by atoms with van der Waals surface area (Å²) in [7, 11) is 1.28. The number of amides is 1. The molecule has 1 aromatic heterocycles. The third-order valence-electron chi connectivity index (χ3n) is 4.12. The molecule has 0 saturated heterocycles. The lowest BCUT2D eigenvalue weighted by Crippen LogP contribution is -2.43. The number of thioether (sulfide) groups is 1. The number of nitrogens with one attached hydrogen (secondary N) is 2. The Kier molecular flexibility index (Phi) is 6.13. The van der Waals surface area contributed by atoms with Crippen LogP contribution < -0.4 is 5.32 Å². The molecule has 0 unspecified atom stereocenters. The van der Waals surface area contributed by atoms with Crippen LogP contribution in [0.5, 0.6) is 0 Å². The van der Waals surface area contributed by atoms with Gasteiger partial charge in [0.05, 0.1) is 12.9 Å². The van der Waals surface area contributed by atoms with Gasteiger partial charge in [-0.3, -0.25) is 4.79 Å². The molecule has 0 aliphatic heterocycles. The third kappa shape index (κ3) is 4.68. The summed E-state index contributed by atoms with van der Waals surface area (Å²) in [6.07, 6.45) is 2.12. The molecule has 0 aliphatic rings. The van der Waals surface area contributed by atoms with E-state index < -0.39 is 12.0 Å². The molecule has 0 bridgehead atoms. The molecule has 140 valence electrons. The number of ether oxygens (including phenoxy) is 1. The van der Waals surface area contributed by atoms with Gasteiger partial charge >= 0.3 is 5.97 Å². The summed E-state index contributed by atoms with van der Waals surface area (Å²) < 4.78 is 18.5. The normalized spacial score (nSPS) is 11.9. The number of aromatic amines is 1. The number of rotatable bonds is 7. The highest BCUT2D eigenvalue weighted by molar-refractivity contribution is 8.00. The first kappa shape index (κ1) is 19.0. The van der Waals surface area contributed by atoms with Crippen LogP contribution in [0, 0.1) is 5.82 Å². The molecule has 0 saturated carbocycles. The highest BCUT2D eigenvalue weighted by Crippen LogP contribution is 2.22. The molecule has 0 radical (unpaired) electrons. The van der Waals surface area contributed by atoms with Crippen LogP contribution in [0.25, 0.3) is 10.9 Å². The molecule has 0 fully saturated rings. The first-order valence-electron chi connectivity index (χ1n) is 8.38. The number of aromatic nitrogens is 1. The largest absolute Gasteiger partial charge is 0.467 e. The van der Waals surface area contributed by atoms with Crippen LogP contribution >= 0.6 is 11.8 Å². The van der Waals surface area contributed by atoms with Crippen molar-refractivity contribution in [2.75, 3.05) is 12.9 Å². The van der Waals surface area contributed by atoms with Crippen molar-refractivity contribution in [1.29, 1.82) is 0 Å². The van der Waals surface area contributed by atoms with Crippen LogP contribution in [0.4, 0.5) is 4.39 Å². The Balaban J connectivity index is 1.67. The van der Waals surface area contributed by atoms with Crippen LogP contribution in [0.1, 0.15) is 5.56 Å². The van der Waals surface area contributed by atoms with Crippen LogP contribution in [-0.4, -0.2) is 35.8 Å². The van der Waals surface area contributed by atoms with Gasteiger partial charge < -0.3 is 15.0 Å². The van der Waals surface area contributed by atoms with E-state index in [9.17, 15) is 14.0 Å². The summed E-state index contributed by atoms with van der Waals surface area (Å²) >= 11 is 1.08. The number of methoxy groups -OCH3 is 1. The highest BCUT2D eigenvalue weighted by atomic mass is 32.2. The zero-order valence-corrected chi connectivity index (χ0v) is 15.5. The smallest absolute Gasteiger partial charge is 0.328 e. The maximum Gasteiger partial charge on any atom is 0.328 e. The molecule has 2 aromatic carbocycles. The lowest BCUT2D eigenvalue weighted by molar-refractivity contribution is -0.144. The molecule has 5 nitrogen and oxygen atoms in total. The lowest BCUT2D eigenvalue weighted by Gasteiger charge is -2.16. The van der Waals surface area contributed by atoms with Gasteiger partial charge in [-0.2, -0.15) is 0 Å². The van der Waals surface area contributed by atoms with Crippen molar-refractivity contribution in [3.05, 3.63) is 66.1 Å². The van der Waals surface area contributed by atoms with E-state index in [-0.39, 0.29) is 17.5 Å². The van der Waals surface area contributed by atoms with Crippen LogP contribution in [0.3, 0.4) is 0 Å². The van der Waals surface area contributed by atoms with Gasteiger partial charge in [0.2, 0.25) is 5.91 Å². The average molecular weight is 386 g/mol. The van der Waals surface area contributed by atoms with Gasteiger partial charge in [-0.25, -0.2) is 9.18 Å². The van der Waals surface area contributed by atoms with Crippen LogP contribution in [0.2, 0.25) is 0 Å². The number of hydrogen-bond acceptors (Lipinski definition) is 4. The molecule has 0 spiro atoms. The second-order valence-corrected chi connectivity index (χ2v) is 6.94. The molecule has 0 aliphatic carbocycles. The molecule has 2 N–H and O–H groups in total. The standard InChI is InChI=1S/C20H19FN2O3S/c1-26-20(25)17(10-13-11-22-16-8-4-2-6-14(13)16)23-19(24)12-27-18-9-5-3-7-15(18)21/h2-9,11,17,22H,10,12H2,1H3,(H,23,24)/t17-/m1/s1. The van der Waals surface area contributed by atoms with E-state index in [0.717, 1.165) is 28.2 Å². The van der Waals surface area contributed by atoms with Crippen molar-refractivity contribution in [3.63, 3.8) is 0 Å². The van der Waals surface area contributed by atoms with Gasteiger partial charge in [-0.05, 0) is 23.8 Å². The van der Waals surface area contributed by atoms with Crippen molar-refractivity contribution >= 4 is 34.5 Å². The molecular formula is C20H19FN2O3S. The molecule has 7 heteroatoms. The first-order valence-corrected chi connectivity index (χ1v) is 9.36. The molecule has 1 atom stereocenters. The maximum absolute atomic E-state index is 13.7. The van der Waals surface area contributed by atoms with Gasteiger partial charge in [0.25, 0.3) is 0 Å². The Morgan fingerprint density at radius 1 is 1.19 bits per heavy atom. The van der Waals surface area contributed by atoms with Gasteiger partial charge in [-0.15, -0.1) is 11.8 Å². The topological polar surface area (TPSA) is 71.2 Å². The Hall–Kier alpha value is -2.80. The molecular weight excluding hydrogens is 367 g/mol. The van der Waals surface area contributed by atoms with Gasteiger partial charge in [0.1, 0.15) is 11.9 Å². The van der Waals surface area contributed by atoms with E-state index >= 15 is 0 Å². The average Bonchev–Trinajstić information content (AvgIpc) is 3.09. The minimum absolute atomic E-state index is 0.00229. The molecule has 27 heavy (non-hydrogen) atoms. The van der Waals surface area contributed by atoms with Crippen molar-refractivity contribution in [1.82, 2.24) is 10.3 Å². The zero-order valence-electron chi connectivity index (χ0n) is 14.7. The predicted octanol–water partition coefficient (Wildman–Crippen LogP) is 3.30. The predicted molar refractivity (Wildman–Crippen MR) is 103 cm³/mol. The fourth-order valence-electron chi connectivity index (χ4n) is 2.80. The molecule has 3 rings (SSSR count). The number of halogens is 1. The first-order chi connectivity index (χ1) is 13.1. The highest BCUT2D eigenvalue weighted by Gasteiger charge is 2.23. The summed E-state index contributed by atoms with van der Waals surface area (Å²) in [5, 5.41) is 3.68. The number of esters is 1. The summed E-state index contributed by atoms with van der Waals surface area (Å²) in [5.74, 6) is -1.26. The number of fused-ring (bicyclic) bond motifs is 1. The van der Waals surface area contributed by atoms with Crippen molar-refractivity contribution in [2.45, 2.75) is 17.4 Å². The minimum Gasteiger partial charge on any atom is -0.467 e. The minimum atomic E-state index is -0.817. The lowest BCUT2D eigenvalue weighted by atomic mass is 10.0. The van der Waals surface area contributed by atoms with E-state index in [0.29, 0.717) is 11.3 Å². The number of hydrogen-bond donors (Lipinski definition) is 2. The second kappa shape index (κ2) is 8.73. The fourth-order valence-corrected chi connectivity index (χ4v) is 3.55. The van der Waals surface area contributed by atoms with Crippen molar-refractivity contribution < 1.29 is 18.7 Å². The SMILES string of the molecule is COC(=O)[C@@H](Cc1c[nH]c2ccccc12)NC(=O)CSc1ccccc1F. The molecule has 3 aromatic rings.